The maximum Gasteiger partial charge on any atom is 0.164 e. The van der Waals surface area contributed by atoms with Gasteiger partial charge in [-0.2, -0.15) is 0 Å². The van der Waals surface area contributed by atoms with Gasteiger partial charge in [0.1, 0.15) is 17.7 Å². The first-order valence-electron chi connectivity index (χ1n) is 9.59. The Bertz CT molecular complexity index is 1000. The monoisotopic (exact) mass is 377 g/mol. The molecule has 0 spiro atoms. The molecule has 0 radical (unpaired) electrons. The summed E-state index contributed by atoms with van der Waals surface area (Å²) in [5.41, 5.74) is 5.12. The molecule has 1 aromatic heterocycles. The van der Waals surface area contributed by atoms with Crippen LogP contribution in [0.15, 0.2) is 48.5 Å². The van der Waals surface area contributed by atoms with Gasteiger partial charge >= 0.3 is 0 Å². The number of halogens is 1. The number of rotatable bonds is 3. The summed E-state index contributed by atoms with van der Waals surface area (Å²) in [7, 11) is 0. The molecule has 1 N–H and O–H groups in total. The third kappa shape index (κ3) is 3.27. The van der Waals surface area contributed by atoms with Crippen LogP contribution in [0, 0.1) is 19.7 Å². The molecule has 2 atom stereocenters. The van der Waals surface area contributed by atoms with Crippen LogP contribution in [0.1, 0.15) is 52.8 Å². The molecule has 1 aliphatic rings. The molecule has 5 heteroatoms. The number of aliphatic hydroxyl groups is 1. The normalized spacial score (nSPS) is 17.3. The first kappa shape index (κ1) is 18.6. The molecule has 4 rings (SSSR count). The minimum atomic E-state index is -0.994. The lowest BCUT2D eigenvalue weighted by atomic mass is 9.93. The quantitative estimate of drug-likeness (QED) is 0.733. The Morgan fingerprint density at radius 2 is 1.79 bits per heavy atom. The molecule has 2 unspecified atom stereocenters. The van der Waals surface area contributed by atoms with E-state index < -0.39 is 6.10 Å². The Morgan fingerprint density at radius 1 is 1.07 bits per heavy atom. The van der Waals surface area contributed by atoms with Crippen LogP contribution in [-0.2, 0) is 6.42 Å². The van der Waals surface area contributed by atoms with E-state index in [4.69, 9.17) is 4.98 Å². The lowest BCUT2D eigenvalue weighted by Gasteiger charge is -2.37. The maximum absolute atomic E-state index is 13.2. The molecule has 144 valence electrons. The van der Waals surface area contributed by atoms with Crippen molar-refractivity contribution in [3.63, 3.8) is 0 Å². The van der Waals surface area contributed by atoms with Gasteiger partial charge < -0.3 is 10.0 Å². The van der Waals surface area contributed by atoms with Crippen LogP contribution in [0.3, 0.4) is 0 Å². The summed E-state index contributed by atoms with van der Waals surface area (Å²) < 4.78 is 13.2. The van der Waals surface area contributed by atoms with E-state index in [1.807, 2.05) is 13.8 Å². The van der Waals surface area contributed by atoms with Crippen molar-refractivity contribution in [1.82, 2.24) is 9.97 Å². The second-order valence-corrected chi connectivity index (χ2v) is 7.39. The lowest BCUT2D eigenvalue weighted by molar-refractivity contribution is 0.209. The lowest BCUT2D eigenvalue weighted by Crippen LogP contribution is -2.35. The van der Waals surface area contributed by atoms with Crippen molar-refractivity contribution >= 4 is 5.82 Å². The Morgan fingerprint density at radius 3 is 2.54 bits per heavy atom. The molecule has 0 amide bonds. The van der Waals surface area contributed by atoms with Crippen molar-refractivity contribution in [1.29, 1.82) is 0 Å². The number of nitrogens with zero attached hydrogens (tertiary/aromatic N) is 3. The van der Waals surface area contributed by atoms with E-state index in [-0.39, 0.29) is 11.9 Å². The predicted molar refractivity (Wildman–Crippen MR) is 108 cm³/mol. The molecule has 0 saturated heterocycles. The topological polar surface area (TPSA) is 49.3 Å². The molecule has 28 heavy (non-hydrogen) atoms. The number of aliphatic hydroxyl groups excluding tert-OH is 1. The van der Waals surface area contributed by atoms with Crippen molar-refractivity contribution in [2.75, 3.05) is 11.4 Å². The Balaban J connectivity index is 1.73. The summed E-state index contributed by atoms with van der Waals surface area (Å²) in [5, 5.41) is 10.8. The van der Waals surface area contributed by atoms with Crippen molar-refractivity contribution in [3.05, 3.63) is 88.1 Å². The molecule has 1 aliphatic heterocycles. The molecule has 4 nitrogen and oxygen atoms in total. The van der Waals surface area contributed by atoms with Gasteiger partial charge in [0.15, 0.2) is 5.82 Å². The fourth-order valence-electron chi connectivity index (χ4n) is 3.89. The van der Waals surface area contributed by atoms with Crippen molar-refractivity contribution < 1.29 is 9.50 Å². The SMILES string of the molecule is Cc1nc(C(O)c2ccc(F)cc2)nc(N2CCc3ccccc3C2C)c1C. The molecular weight excluding hydrogens is 353 g/mol. The number of aryl methyl sites for hydroxylation is 1. The highest BCUT2D eigenvalue weighted by molar-refractivity contribution is 5.53. The standard InChI is InChI=1S/C23H24FN3O/c1-14-15(2)25-22(21(28)18-8-10-19(24)11-9-18)26-23(14)27-13-12-17-6-4-5-7-20(17)16(27)3/h4-11,16,21,28H,12-13H2,1-3H3. The highest BCUT2D eigenvalue weighted by Gasteiger charge is 2.27. The van der Waals surface area contributed by atoms with Gasteiger partial charge in [-0.1, -0.05) is 36.4 Å². The van der Waals surface area contributed by atoms with E-state index in [9.17, 15) is 9.50 Å². The molecule has 3 aromatic rings. The number of aromatic nitrogens is 2. The molecule has 0 saturated carbocycles. The van der Waals surface area contributed by atoms with Gasteiger partial charge in [-0.25, -0.2) is 14.4 Å². The second-order valence-electron chi connectivity index (χ2n) is 7.39. The first-order valence-corrected chi connectivity index (χ1v) is 9.59. The minimum absolute atomic E-state index is 0.189. The van der Waals surface area contributed by atoms with Gasteiger partial charge in [0, 0.05) is 17.8 Å². The Hall–Kier alpha value is -2.79. The van der Waals surface area contributed by atoms with Crippen molar-refractivity contribution in [3.8, 4) is 0 Å². The Kier molecular flexibility index (Phi) is 4.85. The van der Waals surface area contributed by atoms with Gasteiger partial charge in [-0.15, -0.1) is 0 Å². The van der Waals surface area contributed by atoms with Gasteiger partial charge in [-0.05, 0) is 56.0 Å². The van der Waals surface area contributed by atoms with E-state index in [2.05, 4.69) is 41.1 Å². The van der Waals surface area contributed by atoms with Crippen LogP contribution in [0.4, 0.5) is 10.2 Å². The van der Waals surface area contributed by atoms with E-state index >= 15 is 0 Å². The Labute approximate surface area is 164 Å². The summed E-state index contributed by atoms with van der Waals surface area (Å²) in [6, 6.07) is 14.5. The number of fused-ring (bicyclic) bond motifs is 1. The number of anilines is 1. The zero-order valence-electron chi connectivity index (χ0n) is 16.4. The fourth-order valence-corrected chi connectivity index (χ4v) is 3.89. The van der Waals surface area contributed by atoms with Gasteiger partial charge in [0.2, 0.25) is 0 Å². The third-order valence-electron chi connectivity index (χ3n) is 5.68. The van der Waals surface area contributed by atoms with E-state index in [0.717, 1.165) is 30.0 Å². The van der Waals surface area contributed by atoms with Gasteiger partial charge in [-0.3, -0.25) is 0 Å². The van der Waals surface area contributed by atoms with Crippen LogP contribution in [0.5, 0.6) is 0 Å². The van der Waals surface area contributed by atoms with E-state index in [1.165, 1.54) is 23.3 Å². The van der Waals surface area contributed by atoms with Crippen LogP contribution in [0.2, 0.25) is 0 Å². The molecule has 0 aliphatic carbocycles. The maximum atomic E-state index is 13.2. The zero-order chi connectivity index (χ0) is 19.8. The third-order valence-corrected chi connectivity index (χ3v) is 5.68. The molecule has 2 aromatic carbocycles. The fraction of sp³-hybridized carbons (Fsp3) is 0.304. The molecule has 2 heterocycles. The van der Waals surface area contributed by atoms with Crippen LogP contribution >= 0.6 is 0 Å². The highest BCUT2D eigenvalue weighted by atomic mass is 19.1. The smallest absolute Gasteiger partial charge is 0.164 e. The zero-order valence-corrected chi connectivity index (χ0v) is 16.4. The largest absolute Gasteiger partial charge is 0.380 e. The van der Waals surface area contributed by atoms with E-state index in [1.54, 1.807) is 12.1 Å². The van der Waals surface area contributed by atoms with E-state index in [0.29, 0.717) is 11.4 Å². The van der Waals surface area contributed by atoms with Crippen LogP contribution in [0.25, 0.3) is 0 Å². The molecule has 0 bridgehead atoms. The highest BCUT2D eigenvalue weighted by Crippen LogP contribution is 2.35. The number of hydrogen-bond acceptors (Lipinski definition) is 4. The van der Waals surface area contributed by atoms with Crippen molar-refractivity contribution in [2.45, 2.75) is 39.3 Å². The minimum Gasteiger partial charge on any atom is -0.380 e. The summed E-state index contributed by atoms with van der Waals surface area (Å²) in [5.74, 6) is 0.861. The summed E-state index contributed by atoms with van der Waals surface area (Å²) >= 11 is 0. The molecule has 0 fully saturated rings. The van der Waals surface area contributed by atoms with Crippen molar-refractivity contribution in [2.24, 2.45) is 0 Å². The predicted octanol–water partition coefficient (Wildman–Crippen LogP) is 4.44. The average molecular weight is 377 g/mol. The van der Waals surface area contributed by atoms with Crippen LogP contribution < -0.4 is 4.90 Å². The van der Waals surface area contributed by atoms with Gasteiger partial charge in [0.05, 0.1) is 6.04 Å². The van der Waals surface area contributed by atoms with Crippen LogP contribution in [-0.4, -0.2) is 21.6 Å². The van der Waals surface area contributed by atoms with Gasteiger partial charge in [0.25, 0.3) is 0 Å². The first-order chi connectivity index (χ1) is 13.5. The second kappa shape index (κ2) is 7.32. The summed E-state index contributed by atoms with van der Waals surface area (Å²) in [6.45, 7) is 7.00. The number of hydrogen-bond donors (Lipinski definition) is 1. The number of benzene rings is 2. The average Bonchev–Trinajstić information content (AvgIpc) is 2.71. The summed E-state index contributed by atoms with van der Waals surface area (Å²) in [6.07, 6.45) is -0.0372. The molecular formula is C23H24FN3O. The summed E-state index contributed by atoms with van der Waals surface area (Å²) in [4.78, 5) is 11.5.